The van der Waals surface area contributed by atoms with E-state index in [1.165, 1.54) is 9.21 Å². The van der Waals surface area contributed by atoms with Gasteiger partial charge in [-0.1, -0.05) is 80.4 Å². The molecule has 0 saturated carbocycles. The molecule has 8 heteroatoms. The van der Waals surface area contributed by atoms with Crippen molar-refractivity contribution in [3.05, 3.63) is 94.5 Å². The van der Waals surface area contributed by atoms with Crippen LogP contribution in [0.15, 0.2) is 71.6 Å². The van der Waals surface area contributed by atoms with Gasteiger partial charge in [-0.05, 0) is 74.9 Å². The first-order valence-corrected chi connectivity index (χ1v) is 15.6. The van der Waals surface area contributed by atoms with E-state index in [1.807, 2.05) is 78.8 Å². The van der Waals surface area contributed by atoms with Crippen molar-refractivity contribution in [1.29, 1.82) is 0 Å². The Labute approximate surface area is 245 Å². The quantitative estimate of drug-likeness (QED) is 0.299. The van der Waals surface area contributed by atoms with Gasteiger partial charge >= 0.3 is 0 Å². The minimum Gasteiger partial charge on any atom is -0.354 e. The normalized spacial score (nSPS) is 12.2. The molecule has 0 heterocycles. The number of hydrogen-bond acceptors (Lipinski definition) is 4. The van der Waals surface area contributed by atoms with Crippen molar-refractivity contribution in [2.24, 2.45) is 5.92 Å². The topological polar surface area (TPSA) is 86.8 Å². The van der Waals surface area contributed by atoms with Gasteiger partial charge in [-0.3, -0.25) is 13.9 Å². The number of benzene rings is 3. The average molecular weight is 578 g/mol. The second-order valence-electron chi connectivity index (χ2n) is 11.1. The fourth-order valence-electron chi connectivity index (χ4n) is 4.59. The summed E-state index contributed by atoms with van der Waals surface area (Å²) in [5.41, 5.74) is 4.99. The number of hydrogen-bond donors (Lipinski definition) is 1. The van der Waals surface area contributed by atoms with Gasteiger partial charge in [0.25, 0.3) is 10.0 Å². The Kier molecular flexibility index (Phi) is 10.7. The van der Waals surface area contributed by atoms with E-state index < -0.39 is 28.5 Å². The fraction of sp³-hybridized carbons (Fsp3) is 0.394. The molecule has 0 aliphatic rings. The molecule has 0 saturated heterocycles. The number of anilines is 1. The maximum atomic E-state index is 14.2. The van der Waals surface area contributed by atoms with E-state index in [9.17, 15) is 18.0 Å². The van der Waals surface area contributed by atoms with Gasteiger partial charge < -0.3 is 10.2 Å². The fourth-order valence-corrected chi connectivity index (χ4v) is 6.06. The van der Waals surface area contributed by atoms with Crippen molar-refractivity contribution in [2.45, 2.75) is 72.4 Å². The van der Waals surface area contributed by atoms with Crippen LogP contribution in [0, 0.1) is 33.6 Å². The van der Waals surface area contributed by atoms with Gasteiger partial charge in [0.1, 0.15) is 12.6 Å². The zero-order valence-corrected chi connectivity index (χ0v) is 26.1. The molecule has 0 spiro atoms. The van der Waals surface area contributed by atoms with Gasteiger partial charge in [-0.25, -0.2) is 8.42 Å². The number of nitrogens with zero attached hydrogens (tertiary/aromatic N) is 2. The van der Waals surface area contributed by atoms with Crippen molar-refractivity contribution >= 4 is 27.5 Å². The third-order valence-corrected chi connectivity index (χ3v) is 9.05. The molecule has 0 bridgehead atoms. The summed E-state index contributed by atoms with van der Waals surface area (Å²) in [6.45, 7) is 13.7. The van der Waals surface area contributed by atoms with Crippen molar-refractivity contribution in [1.82, 2.24) is 10.2 Å². The summed E-state index contributed by atoms with van der Waals surface area (Å²) in [4.78, 5) is 29.2. The maximum absolute atomic E-state index is 14.2. The summed E-state index contributed by atoms with van der Waals surface area (Å²) in [7, 11) is -4.11. The van der Waals surface area contributed by atoms with Crippen LogP contribution >= 0.6 is 0 Å². The monoisotopic (exact) mass is 577 g/mol. The van der Waals surface area contributed by atoms with Gasteiger partial charge in [0.05, 0.1) is 10.6 Å². The number of nitrogens with one attached hydrogen (secondary N) is 1. The van der Waals surface area contributed by atoms with E-state index >= 15 is 0 Å². The van der Waals surface area contributed by atoms with Crippen LogP contribution in [-0.2, 0) is 26.2 Å². The van der Waals surface area contributed by atoms with Gasteiger partial charge in [-0.15, -0.1) is 0 Å². The largest absolute Gasteiger partial charge is 0.354 e. The lowest BCUT2D eigenvalue weighted by Gasteiger charge is -2.34. The Morgan fingerprint density at radius 2 is 1.44 bits per heavy atom. The molecule has 0 radical (unpaired) electrons. The molecular formula is C33H43N3O4S. The Morgan fingerprint density at radius 1 is 0.854 bits per heavy atom. The van der Waals surface area contributed by atoms with Crippen LogP contribution in [0.5, 0.6) is 0 Å². The highest BCUT2D eigenvalue weighted by atomic mass is 32.2. The highest BCUT2D eigenvalue weighted by Crippen LogP contribution is 2.29. The highest BCUT2D eigenvalue weighted by Gasteiger charge is 2.34. The van der Waals surface area contributed by atoms with Crippen LogP contribution in [0.25, 0.3) is 0 Å². The van der Waals surface area contributed by atoms with E-state index in [0.29, 0.717) is 18.7 Å². The van der Waals surface area contributed by atoms with E-state index in [1.54, 1.807) is 36.4 Å². The summed E-state index contributed by atoms with van der Waals surface area (Å²) in [6.07, 6.45) is 0.385. The first-order valence-electron chi connectivity index (χ1n) is 14.1. The number of carbonyl (C=O) groups is 2. The molecule has 0 aliphatic carbocycles. The van der Waals surface area contributed by atoms with E-state index in [0.717, 1.165) is 27.8 Å². The minimum atomic E-state index is -4.11. The molecule has 7 nitrogen and oxygen atoms in total. The van der Waals surface area contributed by atoms with E-state index in [-0.39, 0.29) is 23.3 Å². The zero-order chi connectivity index (χ0) is 30.3. The average Bonchev–Trinajstić information content (AvgIpc) is 2.93. The summed E-state index contributed by atoms with van der Waals surface area (Å²) in [6, 6.07) is 19.0. The number of amides is 2. The summed E-state index contributed by atoms with van der Waals surface area (Å²) < 4.78 is 29.4. The van der Waals surface area contributed by atoms with Crippen LogP contribution in [0.1, 0.15) is 55.0 Å². The third kappa shape index (κ3) is 7.97. The maximum Gasteiger partial charge on any atom is 0.264 e. The van der Waals surface area contributed by atoms with Crippen LogP contribution in [0.2, 0.25) is 0 Å². The Bertz CT molecular complexity index is 1450. The molecular weight excluding hydrogens is 534 g/mol. The molecule has 3 aromatic rings. The first kappa shape index (κ1) is 31.9. The molecule has 3 rings (SSSR count). The Morgan fingerprint density at radius 3 is 2.00 bits per heavy atom. The number of sulfonamides is 1. The second kappa shape index (κ2) is 13.8. The molecule has 0 aromatic heterocycles. The lowest BCUT2D eigenvalue weighted by atomic mass is 10.1. The molecule has 0 unspecified atom stereocenters. The van der Waals surface area contributed by atoms with Crippen LogP contribution in [0.4, 0.5) is 5.69 Å². The first-order chi connectivity index (χ1) is 19.3. The van der Waals surface area contributed by atoms with Gasteiger partial charge in [-0.2, -0.15) is 0 Å². The zero-order valence-electron chi connectivity index (χ0n) is 25.3. The summed E-state index contributed by atoms with van der Waals surface area (Å²) in [5, 5.41) is 2.96. The molecule has 220 valence electrons. The molecule has 3 aromatic carbocycles. The van der Waals surface area contributed by atoms with Crippen LogP contribution in [0.3, 0.4) is 0 Å². The van der Waals surface area contributed by atoms with Gasteiger partial charge in [0, 0.05) is 13.1 Å². The predicted molar refractivity (Wildman–Crippen MR) is 165 cm³/mol. The molecule has 41 heavy (non-hydrogen) atoms. The SMILES string of the molecule is CC[C@@H](C(=O)NCC(C)C)N(Cc1ccc(C)cc1)C(=O)CN(c1cccc(C)c1C)S(=O)(=O)c1ccc(C)cc1. The molecule has 0 fully saturated rings. The standard InChI is InChI=1S/C33H43N3O4S/c1-8-30(33(38)34-20-23(2)3)35(21-28-16-12-24(4)13-17-28)32(37)22-36(31-11-9-10-26(6)27(31)7)41(39,40)29-18-14-25(5)15-19-29/h9-19,23,30H,8,20-22H2,1-7H3,(H,34,38)/t30-/m0/s1. The van der Waals surface area contributed by atoms with Crippen molar-refractivity contribution in [3.8, 4) is 0 Å². The van der Waals surface area contributed by atoms with Crippen molar-refractivity contribution < 1.29 is 18.0 Å². The lowest BCUT2D eigenvalue weighted by molar-refractivity contribution is -0.140. The number of aryl methyl sites for hydroxylation is 3. The lowest BCUT2D eigenvalue weighted by Crippen LogP contribution is -2.52. The molecule has 0 aliphatic heterocycles. The minimum absolute atomic E-state index is 0.101. The number of rotatable bonds is 12. The number of carbonyl (C=O) groups excluding carboxylic acids is 2. The summed E-state index contributed by atoms with van der Waals surface area (Å²) >= 11 is 0. The third-order valence-electron chi connectivity index (χ3n) is 7.28. The predicted octanol–water partition coefficient (Wildman–Crippen LogP) is 5.70. The summed E-state index contributed by atoms with van der Waals surface area (Å²) in [5.74, 6) is -0.452. The molecule has 2 amide bonds. The van der Waals surface area contributed by atoms with Crippen molar-refractivity contribution in [3.63, 3.8) is 0 Å². The Balaban J connectivity index is 2.08. The Hall–Kier alpha value is -3.65. The van der Waals surface area contributed by atoms with Crippen LogP contribution < -0.4 is 9.62 Å². The van der Waals surface area contributed by atoms with Crippen LogP contribution in [-0.4, -0.2) is 44.3 Å². The van der Waals surface area contributed by atoms with E-state index in [2.05, 4.69) is 5.32 Å². The van der Waals surface area contributed by atoms with Crippen molar-refractivity contribution in [2.75, 3.05) is 17.4 Å². The highest BCUT2D eigenvalue weighted by molar-refractivity contribution is 7.92. The van der Waals surface area contributed by atoms with E-state index in [4.69, 9.17) is 0 Å². The van der Waals surface area contributed by atoms with Gasteiger partial charge in [0.2, 0.25) is 11.8 Å². The smallest absolute Gasteiger partial charge is 0.264 e. The molecule has 1 N–H and O–H groups in total. The second-order valence-corrected chi connectivity index (χ2v) is 13.0. The molecule has 1 atom stereocenters. The van der Waals surface area contributed by atoms with Gasteiger partial charge in [0.15, 0.2) is 0 Å².